The lowest BCUT2D eigenvalue weighted by molar-refractivity contribution is 0.211. The summed E-state index contributed by atoms with van der Waals surface area (Å²) in [5.74, 6) is 0. The highest BCUT2D eigenvalue weighted by Gasteiger charge is 2.22. The van der Waals surface area contributed by atoms with Crippen LogP contribution in [0.15, 0.2) is 30.3 Å². The smallest absolute Gasteiger partial charge is 0.0979 e. The summed E-state index contributed by atoms with van der Waals surface area (Å²) in [5, 5.41) is 9.19. The lowest BCUT2D eigenvalue weighted by atomic mass is 10.1. The van der Waals surface area contributed by atoms with Crippen molar-refractivity contribution in [3.8, 4) is 6.07 Å². The molecule has 96 valence electrons. The standard InChI is InChI=1S/C15H21N3/c1-2-6-15(13-16)18-11-9-17(10-12-18)14-7-4-3-5-8-14/h3-5,7-8,15H,2,6,9-12H2,1H3. The van der Waals surface area contributed by atoms with E-state index in [-0.39, 0.29) is 6.04 Å². The van der Waals surface area contributed by atoms with Crippen LogP contribution in [0, 0.1) is 11.3 Å². The van der Waals surface area contributed by atoms with Crippen LogP contribution in [0.25, 0.3) is 0 Å². The normalized spacial score (nSPS) is 18.3. The van der Waals surface area contributed by atoms with Gasteiger partial charge in [-0.3, -0.25) is 4.90 Å². The molecule has 1 atom stereocenters. The highest BCUT2D eigenvalue weighted by Crippen LogP contribution is 2.17. The fourth-order valence-corrected chi connectivity index (χ4v) is 2.53. The molecule has 1 fully saturated rings. The first-order valence-corrected chi connectivity index (χ1v) is 6.79. The highest BCUT2D eigenvalue weighted by molar-refractivity contribution is 5.46. The molecule has 0 saturated carbocycles. The first kappa shape index (κ1) is 12.9. The second-order valence-corrected chi connectivity index (χ2v) is 4.79. The third kappa shape index (κ3) is 3.02. The van der Waals surface area contributed by atoms with E-state index < -0.39 is 0 Å². The number of nitrogens with zero attached hydrogens (tertiary/aromatic N) is 3. The molecule has 0 aromatic heterocycles. The Morgan fingerprint density at radius 3 is 2.39 bits per heavy atom. The third-order valence-electron chi connectivity index (χ3n) is 3.59. The lowest BCUT2D eigenvalue weighted by Crippen LogP contribution is -2.50. The van der Waals surface area contributed by atoms with E-state index in [1.54, 1.807) is 0 Å². The topological polar surface area (TPSA) is 30.3 Å². The maximum Gasteiger partial charge on any atom is 0.0979 e. The van der Waals surface area contributed by atoms with Crippen LogP contribution in [0.1, 0.15) is 19.8 Å². The van der Waals surface area contributed by atoms with E-state index in [4.69, 9.17) is 0 Å². The van der Waals surface area contributed by atoms with Crippen LogP contribution in [-0.2, 0) is 0 Å². The maximum absolute atomic E-state index is 9.19. The van der Waals surface area contributed by atoms with Crippen molar-refractivity contribution in [2.45, 2.75) is 25.8 Å². The van der Waals surface area contributed by atoms with Crippen molar-refractivity contribution in [2.24, 2.45) is 0 Å². The molecule has 0 spiro atoms. The quantitative estimate of drug-likeness (QED) is 0.814. The maximum atomic E-state index is 9.19. The van der Waals surface area contributed by atoms with Crippen molar-refractivity contribution in [1.82, 2.24) is 4.90 Å². The third-order valence-corrected chi connectivity index (χ3v) is 3.59. The zero-order valence-corrected chi connectivity index (χ0v) is 11.0. The van der Waals surface area contributed by atoms with E-state index in [1.807, 2.05) is 6.07 Å². The van der Waals surface area contributed by atoms with Gasteiger partial charge in [-0.25, -0.2) is 0 Å². The molecule has 3 heteroatoms. The van der Waals surface area contributed by atoms with Gasteiger partial charge in [-0.15, -0.1) is 0 Å². The highest BCUT2D eigenvalue weighted by atomic mass is 15.3. The average Bonchev–Trinajstić information content (AvgIpc) is 2.46. The average molecular weight is 243 g/mol. The van der Waals surface area contributed by atoms with Gasteiger partial charge in [0.25, 0.3) is 0 Å². The molecule has 0 N–H and O–H groups in total. The van der Waals surface area contributed by atoms with E-state index >= 15 is 0 Å². The Balaban J connectivity index is 1.90. The van der Waals surface area contributed by atoms with E-state index in [0.717, 1.165) is 39.0 Å². The Bertz CT molecular complexity index is 388. The van der Waals surface area contributed by atoms with E-state index in [1.165, 1.54) is 5.69 Å². The summed E-state index contributed by atoms with van der Waals surface area (Å²) in [7, 11) is 0. The lowest BCUT2D eigenvalue weighted by Gasteiger charge is -2.38. The number of benzene rings is 1. The Hall–Kier alpha value is -1.53. The Morgan fingerprint density at radius 2 is 1.83 bits per heavy atom. The fourth-order valence-electron chi connectivity index (χ4n) is 2.53. The van der Waals surface area contributed by atoms with Crippen LogP contribution in [0.3, 0.4) is 0 Å². The van der Waals surface area contributed by atoms with Crippen LogP contribution in [0.4, 0.5) is 5.69 Å². The second kappa shape index (κ2) is 6.42. The number of rotatable bonds is 4. The van der Waals surface area contributed by atoms with E-state index in [2.05, 4.69) is 47.1 Å². The summed E-state index contributed by atoms with van der Waals surface area (Å²) < 4.78 is 0. The summed E-state index contributed by atoms with van der Waals surface area (Å²) in [6, 6.07) is 13.1. The van der Waals surface area contributed by atoms with E-state index in [9.17, 15) is 5.26 Å². The molecule has 1 aromatic rings. The van der Waals surface area contributed by atoms with Crippen molar-refractivity contribution >= 4 is 5.69 Å². The summed E-state index contributed by atoms with van der Waals surface area (Å²) >= 11 is 0. The minimum absolute atomic E-state index is 0.105. The minimum atomic E-state index is 0.105. The van der Waals surface area contributed by atoms with Crippen LogP contribution >= 0.6 is 0 Å². The van der Waals surface area contributed by atoms with Gasteiger partial charge < -0.3 is 4.90 Å². The largest absolute Gasteiger partial charge is 0.369 e. The Labute approximate surface area is 110 Å². The molecular formula is C15H21N3. The summed E-state index contributed by atoms with van der Waals surface area (Å²) in [5.41, 5.74) is 1.29. The number of hydrogen-bond acceptors (Lipinski definition) is 3. The SMILES string of the molecule is CCCC(C#N)N1CCN(c2ccccc2)CC1. The zero-order chi connectivity index (χ0) is 12.8. The van der Waals surface area contributed by atoms with Crippen LogP contribution in [-0.4, -0.2) is 37.1 Å². The predicted molar refractivity (Wildman–Crippen MR) is 74.5 cm³/mol. The number of piperazine rings is 1. The summed E-state index contributed by atoms with van der Waals surface area (Å²) in [6.07, 6.45) is 2.07. The molecule has 1 aromatic carbocycles. The molecule has 0 bridgehead atoms. The first-order chi connectivity index (χ1) is 8.85. The van der Waals surface area contributed by atoms with Gasteiger partial charge in [-0.1, -0.05) is 31.5 Å². The number of hydrogen-bond donors (Lipinski definition) is 0. The molecule has 1 aliphatic heterocycles. The van der Waals surface area contributed by atoms with Crippen molar-refractivity contribution in [3.63, 3.8) is 0 Å². The molecule has 2 rings (SSSR count). The van der Waals surface area contributed by atoms with Crippen LogP contribution < -0.4 is 4.90 Å². The van der Waals surface area contributed by atoms with Gasteiger partial charge in [-0.2, -0.15) is 5.26 Å². The molecule has 1 aliphatic rings. The van der Waals surface area contributed by atoms with Crippen LogP contribution in [0.5, 0.6) is 0 Å². The van der Waals surface area contributed by atoms with Crippen molar-refractivity contribution in [2.75, 3.05) is 31.1 Å². The van der Waals surface area contributed by atoms with Gasteiger partial charge in [-0.05, 0) is 18.6 Å². The predicted octanol–water partition coefficient (Wildman–Crippen LogP) is 2.50. The fraction of sp³-hybridized carbons (Fsp3) is 0.533. The Kier molecular flexibility index (Phi) is 4.60. The van der Waals surface area contributed by atoms with Gasteiger partial charge in [0.15, 0.2) is 0 Å². The van der Waals surface area contributed by atoms with Gasteiger partial charge in [0.05, 0.1) is 12.1 Å². The molecule has 18 heavy (non-hydrogen) atoms. The van der Waals surface area contributed by atoms with Gasteiger partial charge in [0.2, 0.25) is 0 Å². The number of anilines is 1. The molecular weight excluding hydrogens is 222 g/mol. The zero-order valence-electron chi connectivity index (χ0n) is 11.0. The van der Waals surface area contributed by atoms with E-state index in [0.29, 0.717) is 0 Å². The van der Waals surface area contributed by atoms with Gasteiger partial charge in [0.1, 0.15) is 0 Å². The van der Waals surface area contributed by atoms with Crippen LogP contribution in [0.2, 0.25) is 0 Å². The minimum Gasteiger partial charge on any atom is -0.369 e. The number of para-hydroxylation sites is 1. The monoisotopic (exact) mass is 243 g/mol. The van der Waals surface area contributed by atoms with Crippen molar-refractivity contribution in [3.05, 3.63) is 30.3 Å². The molecule has 0 aliphatic carbocycles. The van der Waals surface area contributed by atoms with Gasteiger partial charge in [0, 0.05) is 31.9 Å². The molecule has 1 unspecified atom stereocenters. The van der Waals surface area contributed by atoms with Gasteiger partial charge >= 0.3 is 0 Å². The molecule has 0 radical (unpaired) electrons. The molecule has 0 amide bonds. The van der Waals surface area contributed by atoms with Crippen molar-refractivity contribution < 1.29 is 0 Å². The second-order valence-electron chi connectivity index (χ2n) is 4.79. The molecule has 1 saturated heterocycles. The molecule has 1 heterocycles. The number of nitriles is 1. The van der Waals surface area contributed by atoms with Crippen molar-refractivity contribution in [1.29, 1.82) is 5.26 Å². The molecule has 3 nitrogen and oxygen atoms in total. The summed E-state index contributed by atoms with van der Waals surface area (Å²) in [4.78, 5) is 4.72. The first-order valence-electron chi connectivity index (χ1n) is 6.79. The Morgan fingerprint density at radius 1 is 1.17 bits per heavy atom. The summed E-state index contributed by atoms with van der Waals surface area (Å²) in [6.45, 7) is 6.17.